The van der Waals surface area contributed by atoms with Gasteiger partial charge in [0.15, 0.2) is 0 Å². The summed E-state index contributed by atoms with van der Waals surface area (Å²) in [6, 6.07) is 10.1. The van der Waals surface area contributed by atoms with Crippen molar-refractivity contribution in [3.05, 3.63) is 35.9 Å². The fraction of sp³-hybridized carbons (Fsp3) is 0.571. The molecule has 7 heteroatoms. The summed E-state index contributed by atoms with van der Waals surface area (Å²) in [5.74, 6) is -0.287. The molecule has 0 radical (unpaired) electrons. The summed E-state index contributed by atoms with van der Waals surface area (Å²) >= 11 is 0. The molecule has 28 heavy (non-hydrogen) atoms. The maximum Gasteiger partial charge on any atom is 0.409 e. The molecule has 2 heterocycles. The van der Waals surface area contributed by atoms with Gasteiger partial charge in [0.25, 0.3) is 0 Å². The number of ether oxygens (including phenoxy) is 1. The van der Waals surface area contributed by atoms with Crippen molar-refractivity contribution < 1.29 is 19.1 Å². The number of nitrogens with one attached hydrogen (secondary N) is 1. The molecule has 0 aromatic heterocycles. The van der Waals surface area contributed by atoms with E-state index in [4.69, 9.17) is 4.74 Å². The number of carbonyl (C=O) groups excluding carboxylic acids is 3. The number of likely N-dealkylation sites (tertiary alicyclic amines) is 2. The Morgan fingerprint density at radius 1 is 1.18 bits per heavy atom. The van der Waals surface area contributed by atoms with E-state index in [0.29, 0.717) is 45.6 Å². The molecule has 2 saturated heterocycles. The van der Waals surface area contributed by atoms with Gasteiger partial charge in [-0.25, -0.2) is 4.79 Å². The third kappa shape index (κ3) is 5.24. The third-order valence-electron chi connectivity index (χ3n) is 5.47. The first-order valence-corrected chi connectivity index (χ1v) is 10.1. The fourth-order valence-electron chi connectivity index (χ4n) is 3.81. The van der Waals surface area contributed by atoms with Gasteiger partial charge in [0.2, 0.25) is 11.8 Å². The molecule has 0 aliphatic carbocycles. The van der Waals surface area contributed by atoms with E-state index in [2.05, 4.69) is 5.32 Å². The van der Waals surface area contributed by atoms with Crippen molar-refractivity contribution in [1.82, 2.24) is 15.1 Å². The highest BCUT2D eigenvalue weighted by Gasteiger charge is 2.35. The number of benzene rings is 1. The van der Waals surface area contributed by atoms with Gasteiger partial charge >= 0.3 is 6.09 Å². The van der Waals surface area contributed by atoms with E-state index < -0.39 is 0 Å². The van der Waals surface area contributed by atoms with E-state index >= 15 is 0 Å². The molecule has 1 aromatic carbocycles. The molecular weight excluding hydrogens is 358 g/mol. The van der Waals surface area contributed by atoms with Gasteiger partial charge in [-0.05, 0) is 31.7 Å². The van der Waals surface area contributed by atoms with Crippen LogP contribution in [0.5, 0.6) is 0 Å². The maximum atomic E-state index is 12.6. The molecule has 2 aliphatic rings. The molecule has 1 N–H and O–H groups in total. The van der Waals surface area contributed by atoms with Gasteiger partial charge in [0.1, 0.15) is 0 Å². The van der Waals surface area contributed by atoms with Crippen LogP contribution in [0.4, 0.5) is 4.79 Å². The van der Waals surface area contributed by atoms with Gasteiger partial charge in [0.05, 0.1) is 12.5 Å². The van der Waals surface area contributed by atoms with Gasteiger partial charge < -0.3 is 19.9 Å². The van der Waals surface area contributed by atoms with Crippen molar-refractivity contribution in [2.45, 2.75) is 38.6 Å². The Labute approximate surface area is 166 Å². The second-order valence-corrected chi connectivity index (χ2v) is 7.45. The number of rotatable bonds is 6. The lowest BCUT2D eigenvalue weighted by atomic mass is 10.0. The quantitative estimate of drug-likeness (QED) is 0.808. The molecule has 7 nitrogen and oxygen atoms in total. The number of carbonyl (C=O) groups is 3. The van der Waals surface area contributed by atoms with Gasteiger partial charge in [-0.1, -0.05) is 30.3 Å². The predicted octanol–water partition coefficient (Wildman–Crippen LogP) is 1.81. The number of amides is 3. The first-order valence-electron chi connectivity index (χ1n) is 10.1. The molecule has 2 fully saturated rings. The molecule has 0 bridgehead atoms. The van der Waals surface area contributed by atoms with E-state index in [9.17, 15) is 14.4 Å². The number of hydrogen-bond donors (Lipinski definition) is 1. The largest absolute Gasteiger partial charge is 0.450 e. The van der Waals surface area contributed by atoms with E-state index in [1.54, 1.807) is 16.7 Å². The minimum absolute atomic E-state index is 0.0478. The summed E-state index contributed by atoms with van der Waals surface area (Å²) in [7, 11) is 0. The van der Waals surface area contributed by atoms with Crippen molar-refractivity contribution in [2.24, 2.45) is 5.92 Å². The monoisotopic (exact) mass is 387 g/mol. The summed E-state index contributed by atoms with van der Waals surface area (Å²) in [6.45, 7) is 4.44. The smallest absolute Gasteiger partial charge is 0.409 e. The second kappa shape index (κ2) is 9.57. The summed E-state index contributed by atoms with van der Waals surface area (Å²) in [5, 5.41) is 3.07. The van der Waals surface area contributed by atoms with Crippen molar-refractivity contribution in [2.75, 3.05) is 32.8 Å². The highest BCUT2D eigenvalue weighted by Crippen LogP contribution is 2.20. The van der Waals surface area contributed by atoms with Crippen LogP contribution in [0.2, 0.25) is 0 Å². The summed E-state index contributed by atoms with van der Waals surface area (Å²) in [5.41, 5.74) is 1.19. The molecule has 0 spiro atoms. The SMILES string of the molecule is CCOC(=O)N1CCC(NC(=O)C2CC(=O)N(CCc3ccccc3)C2)CC1. The van der Waals surface area contributed by atoms with Crippen molar-refractivity contribution in [1.29, 1.82) is 0 Å². The van der Waals surface area contributed by atoms with Crippen LogP contribution in [0.15, 0.2) is 30.3 Å². The van der Waals surface area contributed by atoms with E-state index in [-0.39, 0.29) is 36.3 Å². The van der Waals surface area contributed by atoms with Crippen LogP contribution < -0.4 is 5.32 Å². The maximum absolute atomic E-state index is 12.6. The highest BCUT2D eigenvalue weighted by atomic mass is 16.6. The van der Waals surface area contributed by atoms with Gasteiger partial charge in [-0.2, -0.15) is 0 Å². The van der Waals surface area contributed by atoms with Crippen molar-refractivity contribution in [3.8, 4) is 0 Å². The fourth-order valence-corrected chi connectivity index (χ4v) is 3.81. The van der Waals surface area contributed by atoms with Crippen molar-refractivity contribution >= 4 is 17.9 Å². The topological polar surface area (TPSA) is 79.0 Å². The first-order chi connectivity index (χ1) is 13.6. The third-order valence-corrected chi connectivity index (χ3v) is 5.47. The Bertz CT molecular complexity index is 686. The lowest BCUT2D eigenvalue weighted by molar-refractivity contribution is -0.129. The highest BCUT2D eigenvalue weighted by molar-refractivity contribution is 5.89. The van der Waals surface area contributed by atoms with Crippen LogP contribution in [0.25, 0.3) is 0 Å². The second-order valence-electron chi connectivity index (χ2n) is 7.45. The minimum Gasteiger partial charge on any atom is -0.450 e. The molecule has 3 amide bonds. The molecule has 152 valence electrons. The number of piperidine rings is 1. The van der Waals surface area contributed by atoms with Crippen LogP contribution in [0, 0.1) is 5.92 Å². The molecule has 1 aromatic rings. The van der Waals surface area contributed by atoms with Gasteiger partial charge in [-0.15, -0.1) is 0 Å². The number of nitrogens with zero attached hydrogens (tertiary/aromatic N) is 2. The van der Waals surface area contributed by atoms with Crippen molar-refractivity contribution in [3.63, 3.8) is 0 Å². The Balaban J connectivity index is 1.42. The van der Waals surface area contributed by atoms with E-state index in [1.807, 2.05) is 30.3 Å². The van der Waals surface area contributed by atoms with E-state index in [1.165, 1.54) is 5.56 Å². The van der Waals surface area contributed by atoms with Crippen LogP contribution in [0.3, 0.4) is 0 Å². The summed E-state index contributed by atoms with van der Waals surface area (Å²) in [6.07, 6.45) is 2.21. The summed E-state index contributed by atoms with van der Waals surface area (Å²) in [4.78, 5) is 40.1. The van der Waals surface area contributed by atoms with Crippen LogP contribution in [-0.4, -0.2) is 66.5 Å². The molecule has 2 aliphatic heterocycles. The van der Waals surface area contributed by atoms with Crippen LogP contribution in [-0.2, 0) is 20.7 Å². The molecule has 0 saturated carbocycles. The zero-order chi connectivity index (χ0) is 19.9. The lowest BCUT2D eigenvalue weighted by Gasteiger charge is -2.32. The lowest BCUT2D eigenvalue weighted by Crippen LogP contribution is -2.48. The Morgan fingerprint density at radius 2 is 1.89 bits per heavy atom. The van der Waals surface area contributed by atoms with Crippen LogP contribution in [0.1, 0.15) is 31.7 Å². The standard InChI is InChI=1S/C21H29N3O4/c1-2-28-21(27)23-12-9-18(10-13-23)22-20(26)17-14-19(25)24(15-17)11-8-16-6-4-3-5-7-16/h3-7,17-18H,2,8-15H2,1H3,(H,22,26). The zero-order valence-electron chi connectivity index (χ0n) is 16.4. The molecule has 3 rings (SSSR count). The Morgan fingerprint density at radius 3 is 2.57 bits per heavy atom. The normalized spacial score (nSPS) is 20.3. The molecule has 1 unspecified atom stereocenters. The average molecular weight is 387 g/mol. The average Bonchev–Trinajstić information content (AvgIpc) is 3.09. The first kappa shape index (κ1) is 20.2. The Kier molecular flexibility index (Phi) is 6.90. The van der Waals surface area contributed by atoms with Gasteiger partial charge in [-0.3, -0.25) is 9.59 Å². The molecule has 1 atom stereocenters. The van der Waals surface area contributed by atoms with E-state index in [0.717, 1.165) is 6.42 Å². The molecular formula is C21H29N3O4. The zero-order valence-corrected chi connectivity index (χ0v) is 16.4. The Hall–Kier alpha value is -2.57. The number of hydrogen-bond acceptors (Lipinski definition) is 4. The minimum atomic E-state index is -0.289. The van der Waals surface area contributed by atoms with Crippen LogP contribution >= 0.6 is 0 Å². The van der Waals surface area contributed by atoms with Gasteiger partial charge in [0, 0.05) is 38.6 Å². The predicted molar refractivity (Wildman–Crippen MR) is 105 cm³/mol. The summed E-state index contributed by atoms with van der Waals surface area (Å²) < 4.78 is 5.01.